The highest BCUT2D eigenvalue weighted by molar-refractivity contribution is 5.97. The van der Waals surface area contributed by atoms with E-state index in [4.69, 9.17) is 0 Å². The van der Waals surface area contributed by atoms with Crippen LogP contribution in [0.5, 0.6) is 0 Å². The summed E-state index contributed by atoms with van der Waals surface area (Å²) < 4.78 is 1.90. The van der Waals surface area contributed by atoms with Gasteiger partial charge in [0.2, 0.25) is 0 Å². The molecule has 0 aromatic carbocycles. The van der Waals surface area contributed by atoms with Gasteiger partial charge in [0, 0.05) is 25.2 Å². The SMILES string of the molecule is CCCc1nc(CC)c2c(C=O)cn(C)c2n1. The molecule has 2 heterocycles. The maximum absolute atomic E-state index is 11.0. The molecule has 2 aromatic heterocycles. The van der Waals surface area contributed by atoms with Gasteiger partial charge in [-0.3, -0.25) is 4.79 Å². The molecular formula is C13H17N3O. The Balaban J connectivity index is 2.74. The molecule has 0 atom stereocenters. The maximum atomic E-state index is 11.0. The van der Waals surface area contributed by atoms with Crippen LogP contribution in [0.3, 0.4) is 0 Å². The van der Waals surface area contributed by atoms with Gasteiger partial charge in [0.1, 0.15) is 11.5 Å². The van der Waals surface area contributed by atoms with Crippen molar-refractivity contribution in [1.29, 1.82) is 0 Å². The molecule has 0 bridgehead atoms. The van der Waals surface area contributed by atoms with Crippen LogP contribution in [-0.2, 0) is 19.9 Å². The molecule has 90 valence electrons. The molecule has 4 heteroatoms. The first-order chi connectivity index (χ1) is 8.21. The van der Waals surface area contributed by atoms with Crippen LogP contribution in [0.1, 0.15) is 42.1 Å². The zero-order chi connectivity index (χ0) is 12.4. The quantitative estimate of drug-likeness (QED) is 0.758. The number of rotatable bonds is 4. The first-order valence-electron chi connectivity index (χ1n) is 6.01. The summed E-state index contributed by atoms with van der Waals surface area (Å²) in [5.74, 6) is 0.871. The predicted molar refractivity (Wildman–Crippen MR) is 67.3 cm³/mol. The summed E-state index contributed by atoms with van der Waals surface area (Å²) >= 11 is 0. The summed E-state index contributed by atoms with van der Waals surface area (Å²) in [5.41, 5.74) is 2.52. The molecule has 0 amide bonds. The van der Waals surface area contributed by atoms with Crippen molar-refractivity contribution in [1.82, 2.24) is 14.5 Å². The second-order valence-electron chi connectivity index (χ2n) is 4.20. The summed E-state index contributed by atoms with van der Waals surface area (Å²) in [5, 5.41) is 0.907. The van der Waals surface area contributed by atoms with Crippen LogP contribution in [-0.4, -0.2) is 20.8 Å². The minimum absolute atomic E-state index is 0.683. The van der Waals surface area contributed by atoms with Crippen molar-refractivity contribution < 1.29 is 4.79 Å². The summed E-state index contributed by atoms with van der Waals surface area (Å²) in [6.45, 7) is 4.17. The molecule has 2 aromatic rings. The van der Waals surface area contributed by atoms with E-state index in [1.807, 2.05) is 17.8 Å². The highest BCUT2D eigenvalue weighted by Gasteiger charge is 2.13. The number of carbonyl (C=O) groups is 1. The number of hydrogen-bond acceptors (Lipinski definition) is 3. The predicted octanol–water partition coefficient (Wildman–Crippen LogP) is 2.30. The summed E-state index contributed by atoms with van der Waals surface area (Å²) in [7, 11) is 1.91. The molecule has 17 heavy (non-hydrogen) atoms. The number of nitrogens with zero attached hydrogens (tertiary/aromatic N) is 3. The third-order valence-corrected chi connectivity index (χ3v) is 2.90. The Kier molecular flexibility index (Phi) is 3.22. The lowest BCUT2D eigenvalue weighted by Crippen LogP contribution is -2.02. The van der Waals surface area contributed by atoms with Crippen molar-refractivity contribution in [2.45, 2.75) is 33.1 Å². The van der Waals surface area contributed by atoms with Crippen LogP contribution in [0.2, 0.25) is 0 Å². The molecule has 0 saturated heterocycles. The number of aryl methyl sites for hydroxylation is 3. The fraction of sp³-hybridized carbons (Fsp3) is 0.462. The topological polar surface area (TPSA) is 47.8 Å². The van der Waals surface area contributed by atoms with Crippen molar-refractivity contribution in [3.63, 3.8) is 0 Å². The van der Waals surface area contributed by atoms with E-state index in [-0.39, 0.29) is 0 Å². The number of aldehydes is 1. The van der Waals surface area contributed by atoms with Crippen LogP contribution >= 0.6 is 0 Å². The highest BCUT2D eigenvalue weighted by atomic mass is 16.1. The van der Waals surface area contributed by atoms with Gasteiger partial charge in [-0.1, -0.05) is 13.8 Å². The van der Waals surface area contributed by atoms with Gasteiger partial charge in [-0.15, -0.1) is 0 Å². The Morgan fingerprint density at radius 1 is 1.35 bits per heavy atom. The molecule has 4 nitrogen and oxygen atoms in total. The molecule has 0 saturated carbocycles. The smallest absolute Gasteiger partial charge is 0.152 e. The zero-order valence-corrected chi connectivity index (χ0v) is 10.5. The van der Waals surface area contributed by atoms with E-state index in [2.05, 4.69) is 23.8 Å². The van der Waals surface area contributed by atoms with E-state index in [1.165, 1.54) is 0 Å². The Bertz CT molecular complexity index is 557. The largest absolute Gasteiger partial charge is 0.335 e. The Morgan fingerprint density at radius 3 is 2.71 bits per heavy atom. The van der Waals surface area contributed by atoms with Crippen LogP contribution in [0.4, 0.5) is 0 Å². The lowest BCUT2D eigenvalue weighted by molar-refractivity contribution is 0.112. The first-order valence-corrected chi connectivity index (χ1v) is 6.01. The van der Waals surface area contributed by atoms with Gasteiger partial charge in [-0.25, -0.2) is 9.97 Å². The Hall–Kier alpha value is -1.71. The van der Waals surface area contributed by atoms with E-state index in [1.54, 1.807) is 0 Å². The molecule has 0 radical (unpaired) electrons. The molecule has 0 aliphatic rings. The minimum atomic E-state index is 0.683. The average Bonchev–Trinajstić information content (AvgIpc) is 2.66. The third kappa shape index (κ3) is 1.95. The fourth-order valence-corrected chi connectivity index (χ4v) is 2.11. The van der Waals surface area contributed by atoms with Crippen LogP contribution in [0.25, 0.3) is 11.0 Å². The number of aromatic nitrogens is 3. The third-order valence-electron chi connectivity index (χ3n) is 2.90. The van der Waals surface area contributed by atoms with Gasteiger partial charge in [-0.2, -0.15) is 0 Å². The van der Waals surface area contributed by atoms with Gasteiger partial charge in [0.25, 0.3) is 0 Å². The van der Waals surface area contributed by atoms with Gasteiger partial charge >= 0.3 is 0 Å². The fourth-order valence-electron chi connectivity index (χ4n) is 2.11. The van der Waals surface area contributed by atoms with E-state index in [9.17, 15) is 4.79 Å². The van der Waals surface area contributed by atoms with Crippen molar-refractivity contribution in [3.05, 3.63) is 23.3 Å². The van der Waals surface area contributed by atoms with Crippen LogP contribution in [0.15, 0.2) is 6.20 Å². The number of hydrogen-bond donors (Lipinski definition) is 0. The van der Waals surface area contributed by atoms with Gasteiger partial charge in [0.05, 0.1) is 11.1 Å². The molecule has 0 fully saturated rings. The van der Waals surface area contributed by atoms with E-state index in [0.717, 1.165) is 48.1 Å². The summed E-state index contributed by atoms with van der Waals surface area (Å²) in [4.78, 5) is 20.1. The lowest BCUT2D eigenvalue weighted by Gasteiger charge is -2.05. The van der Waals surface area contributed by atoms with E-state index in [0.29, 0.717) is 5.56 Å². The standard InChI is InChI=1S/C13H17N3O/c1-4-6-11-14-10(5-2)12-9(8-17)7-16(3)13(12)15-11/h7-8H,4-6H2,1-3H3. The highest BCUT2D eigenvalue weighted by Crippen LogP contribution is 2.21. The second-order valence-corrected chi connectivity index (χ2v) is 4.20. The Labute approximate surface area is 101 Å². The molecule has 0 spiro atoms. The second kappa shape index (κ2) is 4.65. The molecule has 0 aliphatic carbocycles. The monoisotopic (exact) mass is 231 g/mol. The first kappa shape index (κ1) is 11.8. The summed E-state index contributed by atoms with van der Waals surface area (Å²) in [6.07, 6.45) is 5.43. The zero-order valence-electron chi connectivity index (χ0n) is 10.5. The molecule has 0 N–H and O–H groups in total. The Morgan fingerprint density at radius 2 is 2.12 bits per heavy atom. The number of carbonyl (C=O) groups excluding carboxylic acids is 1. The molecule has 0 unspecified atom stereocenters. The van der Waals surface area contributed by atoms with Crippen molar-refractivity contribution in [2.75, 3.05) is 0 Å². The molecule has 2 rings (SSSR count). The molecular weight excluding hydrogens is 214 g/mol. The normalized spacial score (nSPS) is 11.0. The van der Waals surface area contributed by atoms with Gasteiger partial charge in [0.15, 0.2) is 6.29 Å². The summed E-state index contributed by atoms with van der Waals surface area (Å²) in [6, 6.07) is 0. The van der Waals surface area contributed by atoms with Crippen molar-refractivity contribution in [2.24, 2.45) is 7.05 Å². The van der Waals surface area contributed by atoms with Crippen LogP contribution < -0.4 is 0 Å². The lowest BCUT2D eigenvalue weighted by atomic mass is 10.1. The van der Waals surface area contributed by atoms with Crippen molar-refractivity contribution >= 4 is 17.3 Å². The van der Waals surface area contributed by atoms with Crippen molar-refractivity contribution in [3.8, 4) is 0 Å². The van der Waals surface area contributed by atoms with Crippen LogP contribution in [0, 0.1) is 0 Å². The van der Waals surface area contributed by atoms with Gasteiger partial charge in [-0.05, 0) is 12.8 Å². The minimum Gasteiger partial charge on any atom is -0.335 e. The van der Waals surface area contributed by atoms with Gasteiger partial charge < -0.3 is 4.57 Å². The molecule has 0 aliphatic heterocycles. The average molecular weight is 231 g/mol. The number of fused-ring (bicyclic) bond motifs is 1. The maximum Gasteiger partial charge on any atom is 0.152 e. The van der Waals surface area contributed by atoms with E-state index < -0.39 is 0 Å². The van der Waals surface area contributed by atoms with E-state index >= 15 is 0 Å².